The molecular weight excluding hydrogens is 381 g/mol. The van der Waals surface area contributed by atoms with Crippen LogP contribution in [0.15, 0.2) is 35.7 Å². The average molecular weight is 392 g/mol. The molecule has 1 amide bonds. The first-order chi connectivity index (χ1) is 8.69. The van der Waals surface area contributed by atoms with E-state index < -0.39 is 0 Å². The molecule has 2 nitrogen and oxygen atoms in total. The number of hydrogen-bond donors (Lipinski definition) is 1. The number of nitrogens with one attached hydrogen (secondary N) is 1. The van der Waals surface area contributed by atoms with E-state index in [-0.39, 0.29) is 5.91 Å². The molecule has 2 rings (SSSR count). The van der Waals surface area contributed by atoms with Gasteiger partial charge in [-0.2, -0.15) is 0 Å². The maximum Gasteiger partial charge on any atom is 0.252 e. The van der Waals surface area contributed by atoms with Gasteiger partial charge in [0.05, 0.1) is 8.45 Å². The van der Waals surface area contributed by atoms with Crippen molar-refractivity contribution in [1.29, 1.82) is 0 Å². The molecule has 1 aromatic heterocycles. The van der Waals surface area contributed by atoms with Gasteiger partial charge in [-0.15, -0.1) is 22.9 Å². The Bertz CT molecular complexity index is 555. The number of hydrogen-bond acceptors (Lipinski definition) is 2. The van der Waals surface area contributed by atoms with Crippen LogP contribution in [0, 0.1) is 2.88 Å². The lowest BCUT2D eigenvalue weighted by molar-refractivity contribution is 0.0951. The van der Waals surface area contributed by atoms with E-state index in [0.717, 1.165) is 19.6 Å². The Morgan fingerprint density at radius 2 is 2.11 bits per heavy atom. The van der Waals surface area contributed by atoms with Gasteiger partial charge in [-0.1, -0.05) is 24.3 Å². The first-order valence-electron chi connectivity index (χ1n) is 5.35. The smallest absolute Gasteiger partial charge is 0.252 e. The van der Waals surface area contributed by atoms with Gasteiger partial charge in [0.2, 0.25) is 0 Å². The van der Waals surface area contributed by atoms with Gasteiger partial charge in [-0.25, -0.2) is 0 Å². The summed E-state index contributed by atoms with van der Waals surface area (Å²) >= 11 is 9.55. The lowest BCUT2D eigenvalue weighted by Crippen LogP contribution is -2.22. The van der Waals surface area contributed by atoms with Gasteiger partial charge in [-0.05, 0) is 39.8 Å². The number of halogens is 2. The molecule has 0 spiro atoms. The summed E-state index contributed by atoms with van der Waals surface area (Å²) in [5.41, 5.74) is 2.85. The van der Waals surface area contributed by atoms with Crippen LogP contribution in [0.1, 0.15) is 21.5 Å². The van der Waals surface area contributed by atoms with Crippen LogP contribution < -0.4 is 5.32 Å². The van der Waals surface area contributed by atoms with Crippen LogP contribution in [0.2, 0.25) is 0 Å². The Kier molecular flexibility index (Phi) is 5.03. The molecule has 0 radical (unpaired) electrons. The summed E-state index contributed by atoms with van der Waals surface area (Å²) in [6.07, 6.45) is 0. The Morgan fingerprint density at radius 3 is 2.78 bits per heavy atom. The van der Waals surface area contributed by atoms with Gasteiger partial charge >= 0.3 is 0 Å². The molecular formula is C13H11ClINOS. The fourth-order valence-corrected chi connectivity index (χ4v) is 3.03. The van der Waals surface area contributed by atoms with Crippen molar-refractivity contribution in [2.45, 2.75) is 12.4 Å². The maximum absolute atomic E-state index is 11.9. The van der Waals surface area contributed by atoms with E-state index in [4.69, 9.17) is 11.6 Å². The van der Waals surface area contributed by atoms with E-state index in [1.165, 1.54) is 0 Å². The Labute approximate surface area is 129 Å². The molecule has 0 aliphatic carbocycles. The summed E-state index contributed by atoms with van der Waals surface area (Å²) in [4.78, 5) is 11.9. The van der Waals surface area contributed by atoms with Crippen molar-refractivity contribution in [3.8, 4) is 0 Å². The SMILES string of the molecule is O=C(NCc1cccc(CCl)c1)c1csc(I)c1. The van der Waals surface area contributed by atoms with Crippen molar-refractivity contribution in [1.82, 2.24) is 5.32 Å². The third-order valence-corrected chi connectivity index (χ3v) is 4.53. The molecule has 94 valence electrons. The molecule has 1 heterocycles. The molecule has 0 aliphatic heterocycles. The molecule has 0 unspecified atom stereocenters. The van der Waals surface area contributed by atoms with Gasteiger partial charge in [-0.3, -0.25) is 4.79 Å². The summed E-state index contributed by atoms with van der Waals surface area (Å²) in [6, 6.07) is 9.79. The van der Waals surface area contributed by atoms with Crippen LogP contribution in [0.3, 0.4) is 0 Å². The second-order valence-electron chi connectivity index (χ2n) is 3.78. The summed E-state index contributed by atoms with van der Waals surface area (Å²) in [5.74, 6) is 0.454. The van der Waals surface area contributed by atoms with Crippen molar-refractivity contribution < 1.29 is 4.79 Å². The fraction of sp³-hybridized carbons (Fsp3) is 0.154. The van der Waals surface area contributed by atoms with Crippen LogP contribution in [-0.2, 0) is 12.4 Å². The topological polar surface area (TPSA) is 29.1 Å². The quantitative estimate of drug-likeness (QED) is 0.619. The maximum atomic E-state index is 11.9. The van der Waals surface area contributed by atoms with Gasteiger partial charge < -0.3 is 5.32 Å². The summed E-state index contributed by atoms with van der Waals surface area (Å²) in [6.45, 7) is 0.524. The molecule has 0 bridgehead atoms. The van der Waals surface area contributed by atoms with E-state index in [0.29, 0.717) is 12.4 Å². The number of rotatable bonds is 4. The fourth-order valence-electron chi connectivity index (χ4n) is 1.54. The van der Waals surface area contributed by atoms with E-state index >= 15 is 0 Å². The predicted molar refractivity (Wildman–Crippen MR) is 84.2 cm³/mol. The van der Waals surface area contributed by atoms with Crippen molar-refractivity contribution in [2.24, 2.45) is 0 Å². The normalized spacial score (nSPS) is 10.3. The number of carbonyl (C=O) groups is 1. The Hall–Kier alpha value is -0.590. The number of alkyl halides is 1. The van der Waals surface area contributed by atoms with Crippen LogP contribution >= 0.6 is 45.5 Å². The zero-order valence-corrected chi connectivity index (χ0v) is 13.2. The van der Waals surface area contributed by atoms with Gasteiger partial charge in [0.1, 0.15) is 0 Å². The highest BCUT2D eigenvalue weighted by molar-refractivity contribution is 14.1. The molecule has 0 saturated carbocycles. The second kappa shape index (κ2) is 6.54. The zero-order valence-electron chi connectivity index (χ0n) is 9.45. The number of thiophene rings is 1. The van der Waals surface area contributed by atoms with Gasteiger partial charge in [0.15, 0.2) is 0 Å². The highest BCUT2D eigenvalue weighted by Crippen LogP contribution is 2.16. The molecule has 0 fully saturated rings. The first-order valence-corrected chi connectivity index (χ1v) is 7.84. The molecule has 5 heteroatoms. The molecule has 0 atom stereocenters. The van der Waals surface area contributed by atoms with Crippen molar-refractivity contribution in [2.75, 3.05) is 0 Å². The third-order valence-electron chi connectivity index (χ3n) is 2.43. The Morgan fingerprint density at radius 1 is 1.33 bits per heavy atom. The zero-order chi connectivity index (χ0) is 13.0. The van der Waals surface area contributed by atoms with E-state index in [1.807, 2.05) is 35.7 Å². The molecule has 1 aromatic carbocycles. The number of carbonyl (C=O) groups excluding carboxylic acids is 1. The van der Waals surface area contributed by atoms with Gasteiger partial charge in [0, 0.05) is 17.8 Å². The van der Waals surface area contributed by atoms with Crippen molar-refractivity contribution in [3.63, 3.8) is 0 Å². The standard InChI is InChI=1S/C13H11ClINOS/c14-6-9-2-1-3-10(4-9)7-16-13(17)11-5-12(15)18-8-11/h1-5,8H,6-7H2,(H,16,17). The third kappa shape index (κ3) is 3.70. The van der Waals surface area contributed by atoms with Crippen LogP contribution in [0.5, 0.6) is 0 Å². The highest BCUT2D eigenvalue weighted by Gasteiger charge is 2.07. The minimum Gasteiger partial charge on any atom is -0.348 e. The van der Waals surface area contributed by atoms with Crippen LogP contribution in [0.4, 0.5) is 0 Å². The largest absolute Gasteiger partial charge is 0.348 e. The van der Waals surface area contributed by atoms with Crippen LogP contribution in [-0.4, -0.2) is 5.91 Å². The van der Waals surface area contributed by atoms with E-state index in [9.17, 15) is 4.79 Å². The monoisotopic (exact) mass is 391 g/mol. The van der Waals surface area contributed by atoms with E-state index in [2.05, 4.69) is 27.9 Å². The molecule has 18 heavy (non-hydrogen) atoms. The Balaban J connectivity index is 1.97. The molecule has 0 saturated heterocycles. The summed E-state index contributed by atoms with van der Waals surface area (Å²) < 4.78 is 1.11. The summed E-state index contributed by atoms with van der Waals surface area (Å²) in [5, 5.41) is 4.77. The number of benzene rings is 1. The van der Waals surface area contributed by atoms with Gasteiger partial charge in [0.25, 0.3) is 5.91 Å². The molecule has 1 N–H and O–H groups in total. The number of amides is 1. The highest BCUT2D eigenvalue weighted by atomic mass is 127. The van der Waals surface area contributed by atoms with Crippen molar-refractivity contribution in [3.05, 3.63) is 55.3 Å². The average Bonchev–Trinajstić information content (AvgIpc) is 2.83. The van der Waals surface area contributed by atoms with Crippen molar-refractivity contribution >= 4 is 51.4 Å². The second-order valence-corrected chi connectivity index (χ2v) is 6.85. The molecule has 2 aromatic rings. The lowest BCUT2D eigenvalue weighted by atomic mass is 10.1. The lowest BCUT2D eigenvalue weighted by Gasteiger charge is -2.05. The minimum atomic E-state index is -0.0366. The van der Waals surface area contributed by atoms with E-state index in [1.54, 1.807) is 11.3 Å². The summed E-state index contributed by atoms with van der Waals surface area (Å²) in [7, 11) is 0. The predicted octanol–water partition coefficient (Wildman–Crippen LogP) is 4.02. The minimum absolute atomic E-state index is 0.0366. The van der Waals surface area contributed by atoms with Crippen LogP contribution in [0.25, 0.3) is 0 Å². The molecule has 0 aliphatic rings. The first kappa shape index (κ1) is 13.8.